The third kappa shape index (κ3) is 12.8. The van der Waals surface area contributed by atoms with Crippen LogP contribution in [0.15, 0.2) is 53.9 Å². The van der Waals surface area contributed by atoms with Crippen molar-refractivity contribution >= 4 is 63.5 Å². The number of carbonyl (C=O) groups excluding carboxylic acids is 2. The zero-order chi connectivity index (χ0) is 39.2. The van der Waals surface area contributed by atoms with E-state index in [0.717, 1.165) is 36.5 Å². The summed E-state index contributed by atoms with van der Waals surface area (Å²) in [4.78, 5) is 41.3. The van der Waals surface area contributed by atoms with E-state index in [9.17, 15) is 22.6 Å². The number of nitrogen functional groups attached to an aromatic ring is 2. The summed E-state index contributed by atoms with van der Waals surface area (Å²) in [7, 11) is 1.41. The van der Waals surface area contributed by atoms with Crippen molar-refractivity contribution in [3.05, 3.63) is 82.7 Å². The summed E-state index contributed by atoms with van der Waals surface area (Å²) in [6, 6.07) is 8.15. The van der Waals surface area contributed by atoms with Crippen LogP contribution in [-0.2, 0) is 10.8 Å². The molecule has 0 saturated carbocycles. The monoisotopic (exact) mass is 818 g/mol. The number of hydrogen-bond donors (Lipinski definition) is 4. The predicted molar refractivity (Wildman–Crippen MR) is 218 cm³/mol. The van der Waals surface area contributed by atoms with Gasteiger partial charge in [0.25, 0.3) is 0 Å². The van der Waals surface area contributed by atoms with Crippen molar-refractivity contribution in [1.29, 1.82) is 0 Å². The molecular weight excluding hydrogens is 771 g/mol. The Balaban J connectivity index is 0.000000248. The van der Waals surface area contributed by atoms with E-state index in [4.69, 9.17) is 26.7 Å². The highest BCUT2D eigenvalue weighted by atomic mass is 32.2. The second-order valence-electron chi connectivity index (χ2n) is 11.9. The molecule has 1 unspecified atom stereocenters. The summed E-state index contributed by atoms with van der Waals surface area (Å²) in [6.45, 7) is 1.71. The smallest absolute Gasteiger partial charge is 0.224 e. The lowest BCUT2D eigenvalue weighted by atomic mass is 10.0. The minimum Gasteiger partial charge on any atom is -0.496 e. The maximum absolute atomic E-state index is 13.5. The fraction of sp³-hybridized carbons (Fsp3) is 0.405. The van der Waals surface area contributed by atoms with Gasteiger partial charge in [0, 0.05) is 30.2 Å². The second-order valence-corrected chi connectivity index (χ2v) is 16.0. The largest absolute Gasteiger partial charge is 0.496 e. The van der Waals surface area contributed by atoms with Crippen LogP contribution in [0.2, 0.25) is 0 Å². The average molecular weight is 819 g/mol. The molecule has 6 rings (SSSR count). The van der Waals surface area contributed by atoms with E-state index in [1.165, 1.54) is 75.2 Å². The molecule has 4 aromatic rings. The number of thioether (sulfide) groups is 2. The molecule has 0 bridgehead atoms. The van der Waals surface area contributed by atoms with Crippen molar-refractivity contribution in [1.82, 2.24) is 19.9 Å². The third-order valence-electron chi connectivity index (χ3n) is 8.20. The van der Waals surface area contributed by atoms with Gasteiger partial charge in [-0.05, 0) is 85.1 Å². The Labute approximate surface area is 331 Å². The van der Waals surface area contributed by atoms with Gasteiger partial charge in [-0.25, -0.2) is 23.7 Å². The van der Waals surface area contributed by atoms with Gasteiger partial charge in [-0.2, -0.15) is 28.5 Å². The molecule has 2 aromatic heterocycles. The summed E-state index contributed by atoms with van der Waals surface area (Å²) in [5, 5.41) is 3.31. The summed E-state index contributed by atoms with van der Waals surface area (Å²) < 4.78 is 48.7. The van der Waals surface area contributed by atoms with Crippen LogP contribution in [0.1, 0.15) is 71.9 Å². The van der Waals surface area contributed by atoms with Crippen molar-refractivity contribution in [2.45, 2.75) is 57.3 Å². The molecule has 0 spiro atoms. The van der Waals surface area contributed by atoms with E-state index in [1.54, 1.807) is 6.92 Å². The molecule has 0 amide bonds. The first-order valence-corrected chi connectivity index (χ1v) is 20.7. The van der Waals surface area contributed by atoms with Crippen molar-refractivity contribution in [3.8, 4) is 11.5 Å². The zero-order valence-electron chi connectivity index (χ0n) is 30.2. The fourth-order valence-electron chi connectivity index (χ4n) is 5.18. The summed E-state index contributed by atoms with van der Waals surface area (Å²) >= 11 is 3.95. The fourth-order valence-corrected chi connectivity index (χ4v) is 8.06. The summed E-state index contributed by atoms with van der Waals surface area (Å²) in [6.07, 6.45) is 7.09. The molecule has 298 valence electrons. The Morgan fingerprint density at radius 2 is 1.27 bits per heavy atom. The molecule has 1 atom stereocenters. The molecule has 2 fully saturated rings. The highest BCUT2D eigenvalue weighted by molar-refractivity contribution is 7.99. The molecule has 2 aliphatic heterocycles. The van der Waals surface area contributed by atoms with E-state index in [0.29, 0.717) is 23.8 Å². The molecule has 2 aromatic carbocycles. The van der Waals surface area contributed by atoms with Crippen LogP contribution < -0.4 is 32.0 Å². The molecule has 0 aliphatic carbocycles. The van der Waals surface area contributed by atoms with E-state index in [1.807, 2.05) is 23.5 Å². The predicted octanol–water partition coefficient (Wildman–Crippen LogP) is 5.79. The molecular formula is C37H48F2N8O5S3. The van der Waals surface area contributed by atoms with Crippen LogP contribution in [0.5, 0.6) is 11.5 Å². The number of nitrogens with one attached hydrogen (secondary N) is 1. The second kappa shape index (κ2) is 22.2. The van der Waals surface area contributed by atoms with Gasteiger partial charge in [0.05, 0.1) is 47.3 Å². The van der Waals surface area contributed by atoms with Gasteiger partial charge in [-0.3, -0.25) is 13.8 Å². The minimum absolute atomic E-state index is 0. The number of nitrogens with zero attached hydrogens (tertiary/aromatic N) is 4. The topological polar surface area (TPSA) is 211 Å². The minimum atomic E-state index is -1.37. The number of hydrogen-bond acceptors (Lipinski definition) is 15. The van der Waals surface area contributed by atoms with Gasteiger partial charge in [-0.15, -0.1) is 0 Å². The van der Waals surface area contributed by atoms with Crippen molar-refractivity contribution in [3.63, 3.8) is 0 Å². The highest BCUT2D eigenvalue weighted by Gasteiger charge is 2.22. The van der Waals surface area contributed by atoms with Gasteiger partial charge in [-0.1, -0.05) is 14.4 Å². The standard InChI is InChI=1S/C17H19FN4O2S.C14H14FN3O3S.C5H11NS.CH4/c1-24-14-3-2-10(18)8-12(14)15(23)13-9-20-17(22-16(13)19)21-11-4-6-25-7-5-11;1-3-22(20)14-17-7-10(13(16)18-14)12(19)9-6-8(15)4-5-11(9)21-2;6-5-1-3-7-4-2-5;/h2-3,8-9,11H,4-7H2,1H3,(H3,19,20,21,22);4-7H,3H2,1-2H3,(H2,16,17,18);5H,1-4,6H2;1H4. The van der Waals surface area contributed by atoms with Crippen LogP contribution in [0, 0.1) is 11.6 Å². The van der Waals surface area contributed by atoms with Crippen molar-refractivity contribution < 1.29 is 32.1 Å². The highest BCUT2D eigenvalue weighted by Crippen LogP contribution is 2.27. The number of anilines is 3. The van der Waals surface area contributed by atoms with Gasteiger partial charge in [0.2, 0.25) is 22.7 Å². The number of carbonyl (C=O) groups is 2. The average Bonchev–Trinajstić information content (AvgIpc) is 3.18. The van der Waals surface area contributed by atoms with Crippen molar-refractivity contribution in [2.75, 3.05) is 59.8 Å². The van der Waals surface area contributed by atoms with Crippen LogP contribution in [0.4, 0.5) is 26.4 Å². The van der Waals surface area contributed by atoms with Crippen LogP contribution in [0.25, 0.3) is 0 Å². The normalized spacial score (nSPS) is 14.8. The van der Waals surface area contributed by atoms with Crippen LogP contribution >= 0.6 is 23.5 Å². The van der Waals surface area contributed by atoms with Gasteiger partial charge in [0.15, 0.2) is 0 Å². The Hall–Kier alpha value is -4.39. The molecule has 2 saturated heterocycles. The van der Waals surface area contributed by atoms with E-state index in [-0.39, 0.29) is 58.0 Å². The Morgan fingerprint density at radius 1 is 0.800 bits per heavy atom. The number of benzene rings is 2. The van der Waals surface area contributed by atoms with E-state index < -0.39 is 34.0 Å². The number of methoxy groups -OCH3 is 2. The van der Waals surface area contributed by atoms with Crippen LogP contribution in [-0.4, -0.2) is 90.8 Å². The van der Waals surface area contributed by atoms with E-state index in [2.05, 4.69) is 25.3 Å². The lowest BCUT2D eigenvalue weighted by molar-refractivity contribution is 0.102. The first-order valence-electron chi connectivity index (χ1n) is 17.0. The number of ketones is 2. The number of rotatable bonds is 10. The van der Waals surface area contributed by atoms with Crippen LogP contribution in [0.3, 0.4) is 0 Å². The number of halogens is 2. The maximum atomic E-state index is 13.5. The van der Waals surface area contributed by atoms with Gasteiger partial charge < -0.3 is 32.0 Å². The summed E-state index contributed by atoms with van der Waals surface area (Å²) in [5.74, 6) is 3.78. The Morgan fingerprint density at radius 3 is 1.69 bits per heavy atom. The Bertz CT molecular complexity index is 1930. The number of ether oxygens (including phenoxy) is 2. The maximum Gasteiger partial charge on any atom is 0.224 e. The molecule has 13 nitrogen and oxygen atoms in total. The SMILES string of the molecule is C.CCS(=O)c1ncc(C(=O)c2cc(F)ccc2OC)c(N)n1.COc1ccc(F)cc1C(=O)c1cnc(NC2CCSCC2)nc1N.NC1CCSCC1. The lowest BCUT2D eigenvalue weighted by Crippen LogP contribution is -2.26. The first kappa shape index (κ1) is 45.0. The molecule has 55 heavy (non-hydrogen) atoms. The number of nitrogens with two attached hydrogens (primary N) is 3. The lowest BCUT2D eigenvalue weighted by Gasteiger charge is -2.22. The van der Waals surface area contributed by atoms with Gasteiger partial charge >= 0.3 is 0 Å². The Kier molecular flexibility index (Phi) is 18.2. The van der Waals surface area contributed by atoms with E-state index >= 15 is 0 Å². The van der Waals surface area contributed by atoms with Crippen molar-refractivity contribution in [2.24, 2.45) is 5.73 Å². The molecule has 2 aliphatic rings. The van der Waals surface area contributed by atoms with Gasteiger partial charge in [0.1, 0.15) is 34.8 Å². The number of aromatic nitrogens is 4. The third-order valence-corrected chi connectivity index (χ3v) is 11.4. The molecule has 0 radical (unpaired) electrons. The first-order chi connectivity index (χ1) is 25.9. The molecule has 18 heteroatoms. The summed E-state index contributed by atoms with van der Waals surface area (Å²) in [5.41, 5.74) is 17.5. The molecule has 4 heterocycles. The molecule has 7 N–H and O–H groups in total. The zero-order valence-corrected chi connectivity index (χ0v) is 32.6. The quantitative estimate of drug-likeness (QED) is 0.110.